The zero-order chi connectivity index (χ0) is 17.1. The number of rotatable bonds is 4. The van der Waals surface area contributed by atoms with Crippen LogP contribution in [0.3, 0.4) is 0 Å². The summed E-state index contributed by atoms with van der Waals surface area (Å²) in [6.45, 7) is 3.91. The van der Waals surface area contributed by atoms with Crippen LogP contribution in [0, 0.1) is 0 Å². The highest BCUT2D eigenvalue weighted by Crippen LogP contribution is 2.23. The molecule has 0 aromatic carbocycles. The summed E-state index contributed by atoms with van der Waals surface area (Å²) < 4.78 is 1.84. The third-order valence-electron chi connectivity index (χ3n) is 4.25. The predicted octanol–water partition coefficient (Wildman–Crippen LogP) is 1.98. The van der Waals surface area contributed by atoms with Gasteiger partial charge in [-0.1, -0.05) is 6.92 Å². The van der Waals surface area contributed by atoms with Gasteiger partial charge in [-0.05, 0) is 35.2 Å². The molecule has 24 heavy (non-hydrogen) atoms. The monoisotopic (exact) mass is 392 g/mol. The molecule has 8 heteroatoms. The first-order valence-electron chi connectivity index (χ1n) is 8.12. The van der Waals surface area contributed by atoms with Gasteiger partial charge in [-0.2, -0.15) is 5.10 Å². The number of aryl methyl sites for hydroxylation is 2. The SMILES string of the molecule is CCc1cc(N2CCCC(Nc3cnn(C)c(=O)c3Br)C2)ncn1. The summed E-state index contributed by atoms with van der Waals surface area (Å²) in [6, 6.07) is 2.29. The summed E-state index contributed by atoms with van der Waals surface area (Å²) >= 11 is 3.37. The van der Waals surface area contributed by atoms with E-state index < -0.39 is 0 Å². The maximum atomic E-state index is 12.0. The Morgan fingerprint density at radius 3 is 3.04 bits per heavy atom. The van der Waals surface area contributed by atoms with Gasteiger partial charge in [0.25, 0.3) is 5.56 Å². The number of nitrogens with zero attached hydrogens (tertiary/aromatic N) is 5. The third kappa shape index (κ3) is 3.58. The first-order chi connectivity index (χ1) is 11.6. The van der Waals surface area contributed by atoms with E-state index in [1.54, 1.807) is 19.6 Å². The molecule has 1 aliphatic rings. The molecule has 2 aromatic rings. The Bertz CT molecular complexity index is 777. The van der Waals surface area contributed by atoms with Crippen molar-refractivity contribution in [3.63, 3.8) is 0 Å². The molecule has 1 atom stereocenters. The summed E-state index contributed by atoms with van der Waals surface area (Å²) in [6.07, 6.45) is 6.33. The second-order valence-corrected chi connectivity index (χ2v) is 6.74. The predicted molar refractivity (Wildman–Crippen MR) is 97.4 cm³/mol. The number of hydrogen-bond acceptors (Lipinski definition) is 6. The average Bonchev–Trinajstić information content (AvgIpc) is 2.62. The maximum absolute atomic E-state index is 12.0. The fraction of sp³-hybridized carbons (Fsp3) is 0.500. The van der Waals surface area contributed by atoms with Gasteiger partial charge in [-0.3, -0.25) is 4.79 Å². The fourth-order valence-electron chi connectivity index (χ4n) is 2.89. The molecule has 0 radical (unpaired) electrons. The lowest BCUT2D eigenvalue weighted by molar-refractivity contribution is 0.525. The van der Waals surface area contributed by atoms with Crippen LogP contribution in [0.5, 0.6) is 0 Å². The fourth-order valence-corrected chi connectivity index (χ4v) is 3.36. The molecular weight excluding hydrogens is 372 g/mol. The number of hydrogen-bond donors (Lipinski definition) is 1. The topological polar surface area (TPSA) is 75.9 Å². The third-order valence-corrected chi connectivity index (χ3v) is 5.02. The lowest BCUT2D eigenvalue weighted by Gasteiger charge is -2.34. The minimum Gasteiger partial charge on any atom is -0.378 e. The Balaban J connectivity index is 1.74. The van der Waals surface area contributed by atoms with Crippen molar-refractivity contribution in [3.8, 4) is 0 Å². The van der Waals surface area contributed by atoms with Gasteiger partial charge >= 0.3 is 0 Å². The first-order valence-corrected chi connectivity index (χ1v) is 8.92. The van der Waals surface area contributed by atoms with Crippen molar-refractivity contribution < 1.29 is 0 Å². The second-order valence-electron chi connectivity index (χ2n) is 5.95. The van der Waals surface area contributed by atoms with E-state index in [9.17, 15) is 4.79 Å². The van der Waals surface area contributed by atoms with Crippen molar-refractivity contribution in [1.82, 2.24) is 19.7 Å². The van der Waals surface area contributed by atoms with Crippen molar-refractivity contribution in [2.24, 2.45) is 7.05 Å². The molecule has 3 heterocycles. The van der Waals surface area contributed by atoms with Gasteiger partial charge < -0.3 is 10.2 Å². The summed E-state index contributed by atoms with van der Waals surface area (Å²) in [4.78, 5) is 22.9. The molecule has 0 spiro atoms. The summed E-state index contributed by atoms with van der Waals surface area (Å²) in [5.74, 6) is 0.967. The molecule has 1 N–H and O–H groups in total. The number of piperidine rings is 1. The maximum Gasteiger partial charge on any atom is 0.282 e. The molecule has 0 aliphatic carbocycles. The van der Waals surface area contributed by atoms with Crippen molar-refractivity contribution in [2.45, 2.75) is 32.2 Å². The molecule has 1 unspecified atom stereocenters. The van der Waals surface area contributed by atoms with E-state index in [2.05, 4.69) is 54.2 Å². The zero-order valence-electron chi connectivity index (χ0n) is 13.9. The van der Waals surface area contributed by atoms with E-state index >= 15 is 0 Å². The van der Waals surface area contributed by atoms with Gasteiger partial charge in [0.2, 0.25) is 0 Å². The first kappa shape index (κ1) is 16.9. The van der Waals surface area contributed by atoms with Crippen LogP contribution < -0.4 is 15.8 Å². The number of halogens is 1. The smallest absolute Gasteiger partial charge is 0.282 e. The van der Waals surface area contributed by atoms with E-state index in [4.69, 9.17) is 0 Å². The van der Waals surface area contributed by atoms with Crippen LogP contribution in [-0.2, 0) is 13.5 Å². The van der Waals surface area contributed by atoms with Crippen LogP contribution in [-0.4, -0.2) is 38.9 Å². The van der Waals surface area contributed by atoms with Crippen LogP contribution in [0.25, 0.3) is 0 Å². The normalized spacial score (nSPS) is 17.8. The molecule has 7 nitrogen and oxygen atoms in total. The van der Waals surface area contributed by atoms with Crippen molar-refractivity contribution in [2.75, 3.05) is 23.3 Å². The molecule has 3 rings (SSSR count). The number of anilines is 2. The minimum atomic E-state index is -0.143. The summed E-state index contributed by atoms with van der Waals surface area (Å²) in [5.41, 5.74) is 1.64. The highest BCUT2D eigenvalue weighted by molar-refractivity contribution is 9.10. The van der Waals surface area contributed by atoms with E-state index in [0.717, 1.165) is 49.6 Å². The second kappa shape index (κ2) is 7.29. The van der Waals surface area contributed by atoms with Crippen LogP contribution in [0.4, 0.5) is 11.5 Å². The molecule has 2 aromatic heterocycles. The Kier molecular flexibility index (Phi) is 5.13. The molecule has 128 valence electrons. The lowest BCUT2D eigenvalue weighted by atomic mass is 10.1. The summed E-state index contributed by atoms with van der Waals surface area (Å²) in [5, 5.41) is 7.52. The van der Waals surface area contributed by atoms with E-state index in [-0.39, 0.29) is 11.6 Å². The molecule has 1 fully saturated rings. The molecule has 0 amide bonds. The lowest BCUT2D eigenvalue weighted by Crippen LogP contribution is -2.43. The van der Waals surface area contributed by atoms with Gasteiger partial charge in [-0.15, -0.1) is 0 Å². The Morgan fingerprint density at radius 1 is 1.42 bits per heavy atom. The Morgan fingerprint density at radius 2 is 2.25 bits per heavy atom. The van der Waals surface area contributed by atoms with Gasteiger partial charge in [0.15, 0.2) is 0 Å². The van der Waals surface area contributed by atoms with Crippen LogP contribution >= 0.6 is 15.9 Å². The van der Waals surface area contributed by atoms with Crippen LogP contribution in [0.15, 0.2) is 27.9 Å². The number of nitrogens with one attached hydrogen (secondary N) is 1. The summed E-state index contributed by atoms with van der Waals surface area (Å²) in [7, 11) is 1.64. The molecular formula is C16H21BrN6O. The molecule has 0 bridgehead atoms. The van der Waals surface area contributed by atoms with Gasteiger partial charge in [0.05, 0.1) is 11.9 Å². The van der Waals surface area contributed by atoms with Gasteiger partial charge in [-0.25, -0.2) is 14.6 Å². The van der Waals surface area contributed by atoms with Gasteiger partial charge in [0.1, 0.15) is 16.6 Å². The Hall–Kier alpha value is -1.96. The van der Waals surface area contributed by atoms with Crippen molar-refractivity contribution in [1.29, 1.82) is 0 Å². The van der Waals surface area contributed by atoms with Crippen molar-refractivity contribution in [3.05, 3.63) is 39.1 Å². The number of aromatic nitrogens is 4. The van der Waals surface area contributed by atoms with Crippen LogP contribution in [0.2, 0.25) is 0 Å². The average molecular weight is 393 g/mol. The van der Waals surface area contributed by atoms with Crippen LogP contribution in [0.1, 0.15) is 25.5 Å². The largest absolute Gasteiger partial charge is 0.378 e. The highest BCUT2D eigenvalue weighted by atomic mass is 79.9. The molecule has 0 saturated carbocycles. The van der Waals surface area contributed by atoms with Gasteiger partial charge in [0, 0.05) is 37.9 Å². The van der Waals surface area contributed by atoms with Crippen molar-refractivity contribution >= 4 is 27.4 Å². The minimum absolute atomic E-state index is 0.143. The standard InChI is InChI=1S/C16H21BrN6O/c1-3-11-7-14(19-10-18-11)23-6-4-5-12(9-23)21-13-8-20-22(2)16(24)15(13)17/h7-8,10,12,21H,3-6,9H2,1-2H3. The van der Waals surface area contributed by atoms with E-state index in [1.165, 1.54) is 4.68 Å². The Labute approximate surface area is 149 Å². The molecule has 1 saturated heterocycles. The van der Waals surface area contributed by atoms with E-state index in [0.29, 0.717) is 4.47 Å². The molecule has 1 aliphatic heterocycles. The quantitative estimate of drug-likeness (QED) is 0.856. The van der Waals surface area contributed by atoms with E-state index in [1.807, 2.05) is 0 Å². The zero-order valence-corrected chi connectivity index (χ0v) is 15.5. The highest BCUT2D eigenvalue weighted by Gasteiger charge is 2.22.